The minimum atomic E-state index is -2.38. The first-order valence-corrected chi connectivity index (χ1v) is 7.13. The Balaban J connectivity index is 4.17. The van der Waals surface area contributed by atoms with Crippen LogP contribution in [0.5, 0.6) is 0 Å². The number of nitrogens with zero attached hydrogens (tertiary/aromatic N) is 3. The third kappa shape index (κ3) is 6.73. The molecule has 0 aliphatic carbocycles. The van der Waals surface area contributed by atoms with Gasteiger partial charge in [-0.3, -0.25) is 0 Å². The summed E-state index contributed by atoms with van der Waals surface area (Å²) < 4.78 is 12.2. The van der Waals surface area contributed by atoms with Gasteiger partial charge >= 0.3 is 0 Å². The van der Waals surface area contributed by atoms with E-state index in [1.807, 2.05) is 18.2 Å². The molecule has 0 aliphatic rings. The lowest BCUT2D eigenvalue weighted by Crippen LogP contribution is -2.00. The highest BCUT2D eigenvalue weighted by atomic mass is 31.2. The van der Waals surface area contributed by atoms with Crippen molar-refractivity contribution >= 4 is 7.14 Å². The molecule has 15 heavy (non-hydrogen) atoms. The van der Waals surface area contributed by atoms with Crippen LogP contribution in [0.1, 0.15) is 25.7 Å². The predicted octanol–water partition coefficient (Wildman–Crippen LogP) is 2.48. The largest absolute Gasteiger partial charge is 0.323 e. The Hall–Kier alpha value is -1.30. The Morgan fingerprint density at radius 1 is 0.800 bits per heavy atom. The molecule has 0 fully saturated rings. The standard InChI is InChI=1S/C10H14N3OP/c11-5-1-2-8-15(14,9-3-6-12)10-4-7-13/h1-4,8-10H2. The maximum absolute atomic E-state index is 12.2. The van der Waals surface area contributed by atoms with Crippen LogP contribution in [0.15, 0.2) is 0 Å². The van der Waals surface area contributed by atoms with Crippen LogP contribution in [-0.2, 0) is 4.57 Å². The van der Waals surface area contributed by atoms with Gasteiger partial charge in [-0.05, 0) is 6.42 Å². The van der Waals surface area contributed by atoms with E-state index < -0.39 is 7.14 Å². The SMILES string of the molecule is N#CCCCP(=O)(CCC#N)CCC#N. The summed E-state index contributed by atoms with van der Waals surface area (Å²) in [5.41, 5.74) is 0. The fourth-order valence-electron chi connectivity index (χ4n) is 1.29. The summed E-state index contributed by atoms with van der Waals surface area (Å²) in [5.74, 6) is 0. The number of unbranched alkanes of at least 4 members (excludes halogenated alkanes) is 1. The fraction of sp³-hybridized carbons (Fsp3) is 0.700. The van der Waals surface area contributed by atoms with Crippen molar-refractivity contribution in [3.05, 3.63) is 0 Å². The quantitative estimate of drug-likeness (QED) is 0.489. The highest BCUT2D eigenvalue weighted by molar-refractivity contribution is 7.63. The summed E-state index contributed by atoms with van der Waals surface area (Å²) in [6.07, 6.45) is 2.80. The molecule has 0 rings (SSSR count). The molecule has 0 unspecified atom stereocenters. The van der Waals surface area contributed by atoms with Crippen LogP contribution in [0.4, 0.5) is 0 Å². The van der Waals surface area contributed by atoms with Crippen molar-refractivity contribution in [1.29, 1.82) is 15.8 Å². The predicted molar refractivity (Wildman–Crippen MR) is 57.5 cm³/mol. The summed E-state index contributed by atoms with van der Waals surface area (Å²) in [4.78, 5) is 0. The molecule has 0 spiro atoms. The summed E-state index contributed by atoms with van der Waals surface area (Å²) in [6.45, 7) is 0. The van der Waals surface area contributed by atoms with Crippen LogP contribution >= 0.6 is 7.14 Å². The normalized spacial score (nSPS) is 9.93. The first-order valence-electron chi connectivity index (χ1n) is 4.86. The van der Waals surface area contributed by atoms with Gasteiger partial charge in [-0.2, -0.15) is 15.8 Å². The molecule has 0 radical (unpaired) electrons. The lowest BCUT2D eigenvalue weighted by molar-refractivity contribution is 0.572. The lowest BCUT2D eigenvalue weighted by Gasteiger charge is -2.14. The maximum Gasteiger partial charge on any atom is 0.0898 e. The molecule has 0 saturated heterocycles. The zero-order chi connectivity index (χ0) is 11.6. The van der Waals surface area contributed by atoms with Crippen molar-refractivity contribution in [2.75, 3.05) is 18.5 Å². The highest BCUT2D eigenvalue weighted by Crippen LogP contribution is 2.47. The first kappa shape index (κ1) is 13.7. The van der Waals surface area contributed by atoms with Crippen molar-refractivity contribution in [3.8, 4) is 18.2 Å². The van der Waals surface area contributed by atoms with E-state index in [1.165, 1.54) is 0 Å². The van der Waals surface area contributed by atoms with Crippen LogP contribution in [0.3, 0.4) is 0 Å². The van der Waals surface area contributed by atoms with E-state index in [9.17, 15) is 4.57 Å². The molecule has 0 atom stereocenters. The second-order valence-electron chi connectivity index (χ2n) is 3.31. The summed E-state index contributed by atoms with van der Waals surface area (Å²) in [6, 6.07) is 5.94. The lowest BCUT2D eigenvalue weighted by atomic mass is 10.4. The van der Waals surface area contributed by atoms with Gasteiger partial charge in [0, 0.05) is 37.7 Å². The summed E-state index contributed by atoms with van der Waals surface area (Å²) in [7, 11) is -2.38. The van der Waals surface area contributed by atoms with E-state index in [1.54, 1.807) is 0 Å². The molecule has 5 heteroatoms. The first-order chi connectivity index (χ1) is 7.18. The van der Waals surface area contributed by atoms with Gasteiger partial charge in [0.15, 0.2) is 0 Å². The Kier molecular flexibility index (Phi) is 7.35. The number of hydrogen-bond donors (Lipinski definition) is 0. The third-order valence-electron chi connectivity index (χ3n) is 2.12. The van der Waals surface area contributed by atoms with Crippen LogP contribution in [0.25, 0.3) is 0 Å². The number of nitriles is 3. The van der Waals surface area contributed by atoms with Crippen molar-refractivity contribution in [3.63, 3.8) is 0 Å². The Morgan fingerprint density at radius 3 is 1.67 bits per heavy atom. The minimum Gasteiger partial charge on any atom is -0.323 e. The third-order valence-corrected chi connectivity index (χ3v) is 5.32. The van der Waals surface area contributed by atoms with Gasteiger partial charge in [0.1, 0.15) is 0 Å². The van der Waals surface area contributed by atoms with Crippen LogP contribution in [0.2, 0.25) is 0 Å². The van der Waals surface area contributed by atoms with Crippen molar-refractivity contribution < 1.29 is 4.57 Å². The molecular weight excluding hydrogens is 209 g/mol. The van der Waals surface area contributed by atoms with Crippen LogP contribution in [0, 0.1) is 34.0 Å². The number of hydrogen-bond acceptors (Lipinski definition) is 4. The molecule has 80 valence electrons. The van der Waals surface area contributed by atoms with Gasteiger partial charge < -0.3 is 4.57 Å². The molecule has 0 aromatic carbocycles. The molecule has 0 amide bonds. The van der Waals surface area contributed by atoms with Gasteiger partial charge in [0.05, 0.1) is 25.3 Å². The molecule has 0 aromatic heterocycles. The molecule has 0 saturated carbocycles. The smallest absolute Gasteiger partial charge is 0.0898 e. The van der Waals surface area contributed by atoms with E-state index in [0.29, 0.717) is 31.3 Å². The van der Waals surface area contributed by atoms with Crippen molar-refractivity contribution in [2.24, 2.45) is 0 Å². The average Bonchev–Trinajstić information content (AvgIpc) is 2.24. The van der Waals surface area contributed by atoms with Crippen molar-refractivity contribution in [2.45, 2.75) is 25.7 Å². The Morgan fingerprint density at radius 2 is 1.27 bits per heavy atom. The average molecular weight is 223 g/mol. The van der Waals surface area contributed by atoms with E-state index in [0.717, 1.165) is 0 Å². The highest BCUT2D eigenvalue weighted by Gasteiger charge is 2.20. The topological polar surface area (TPSA) is 88.4 Å². The molecule has 0 aliphatic heterocycles. The second-order valence-corrected chi connectivity index (χ2v) is 6.76. The Bertz CT molecular complexity index is 323. The second kappa shape index (κ2) is 8.05. The summed E-state index contributed by atoms with van der Waals surface area (Å²) in [5, 5.41) is 25.2. The van der Waals surface area contributed by atoms with E-state index in [2.05, 4.69) is 0 Å². The molecular formula is C10H14N3OP. The monoisotopic (exact) mass is 223 g/mol. The Labute approximate surface area is 90.5 Å². The van der Waals surface area contributed by atoms with E-state index in [-0.39, 0.29) is 12.8 Å². The van der Waals surface area contributed by atoms with E-state index >= 15 is 0 Å². The molecule has 0 aromatic rings. The van der Waals surface area contributed by atoms with Crippen molar-refractivity contribution in [1.82, 2.24) is 0 Å². The van der Waals surface area contributed by atoms with Gasteiger partial charge in [-0.25, -0.2) is 0 Å². The molecule has 0 bridgehead atoms. The molecule has 4 nitrogen and oxygen atoms in total. The fourth-order valence-corrected chi connectivity index (χ4v) is 3.71. The van der Waals surface area contributed by atoms with Crippen LogP contribution < -0.4 is 0 Å². The zero-order valence-corrected chi connectivity index (χ0v) is 9.54. The van der Waals surface area contributed by atoms with Gasteiger partial charge in [-0.15, -0.1) is 0 Å². The van der Waals surface area contributed by atoms with Crippen LogP contribution in [-0.4, -0.2) is 18.5 Å². The summed E-state index contributed by atoms with van der Waals surface area (Å²) >= 11 is 0. The maximum atomic E-state index is 12.2. The van der Waals surface area contributed by atoms with Gasteiger partial charge in [-0.1, -0.05) is 0 Å². The molecule has 0 heterocycles. The zero-order valence-electron chi connectivity index (χ0n) is 8.65. The van der Waals surface area contributed by atoms with E-state index in [4.69, 9.17) is 15.8 Å². The molecule has 0 N–H and O–H groups in total. The minimum absolute atomic E-state index is 0.273. The van der Waals surface area contributed by atoms with Gasteiger partial charge in [0.2, 0.25) is 0 Å². The van der Waals surface area contributed by atoms with Gasteiger partial charge in [0.25, 0.3) is 0 Å². The number of rotatable bonds is 7.